The summed E-state index contributed by atoms with van der Waals surface area (Å²) in [7, 11) is 4.33. The van der Waals surface area contributed by atoms with Crippen molar-refractivity contribution in [2.75, 3.05) is 21.3 Å². The number of hydrogen-bond acceptors (Lipinski definition) is 7. The predicted molar refractivity (Wildman–Crippen MR) is 140 cm³/mol. The number of carbonyl (C=O) groups excluding carboxylic acids is 1. The van der Waals surface area contributed by atoms with Gasteiger partial charge in [-0.25, -0.2) is 0 Å². The third-order valence-corrected chi connectivity index (χ3v) is 5.97. The molecule has 2 N–H and O–H groups in total. The van der Waals surface area contributed by atoms with E-state index in [9.17, 15) is 15.0 Å². The van der Waals surface area contributed by atoms with Gasteiger partial charge in [-0.15, -0.1) is 0 Å². The van der Waals surface area contributed by atoms with Crippen molar-refractivity contribution in [1.82, 2.24) is 0 Å². The maximum absolute atomic E-state index is 11.6. The van der Waals surface area contributed by atoms with E-state index < -0.39 is 0 Å². The number of esters is 1. The number of benzene rings is 4. The number of phenolic OH excluding ortho intramolecular Hbond substituents is 2. The summed E-state index contributed by atoms with van der Waals surface area (Å²) in [5, 5.41) is 21.9. The average Bonchev–Trinajstić information content (AvgIpc) is 2.92. The Balaban J connectivity index is 1.67. The molecule has 4 rings (SSSR count). The molecule has 0 atom stereocenters. The van der Waals surface area contributed by atoms with Gasteiger partial charge in [-0.2, -0.15) is 0 Å². The monoisotopic (exact) mass is 500 g/mol. The van der Waals surface area contributed by atoms with Crippen LogP contribution < -0.4 is 14.2 Å². The standard InChI is InChI=1S/C30H28O7/c1-34-26-17-23(21-11-9-19(10-12-21)15-27(32)35-2)30(36-3)29(33)28(26)22-13-14-25(24(31)16-22)37-18-20-7-5-4-6-8-20/h4-14,16-17,31,33H,15,18H2,1-3H3. The van der Waals surface area contributed by atoms with Crippen molar-refractivity contribution in [3.8, 4) is 51.0 Å². The van der Waals surface area contributed by atoms with Gasteiger partial charge in [0.25, 0.3) is 0 Å². The molecule has 0 radical (unpaired) electrons. The Labute approximate surface area is 215 Å². The van der Waals surface area contributed by atoms with Gasteiger partial charge in [-0.3, -0.25) is 4.79 Å². The van der Waals surface area contributed by atoms with Crippen molar-refractivity contribution in [3.05, 3.63) is 90.0 Å². The molecule has 0 heterocycles. The van der Waals surface area contributed by atoms with Gasteiger partial charge in [0.15, 0.2) is 23.0 Å². The van der Waals surface area contributed by atoms with E-state index in [4.69, 9.17) is 18.9 Å². The first-order valence-electron chi connectivity index (χ1n) is 11.6. The summed E-state index contributed by atoms with van der Waals surface area (Å²) in [4.78, 5) is 11.6. The van der Waals surface area contributed by atoms with Crippen LogP contribution in [0.1, 0.15) is 11.1 Å². The van der Waals surface area contributed by atoms with E-state index in [2.05, 4.69) is 0 Å². The van der Waals surface area contributed by atoms with E-state index in [1.54, 1.807) is 18.2 Å². The van der Waals surface area contributed by atoms with Gasteiger partial charge in [0.2, 0.25) is 0 Å². The van der Waals surface area contributed by atoms with Crippen molar-refractivity contribution in [2.45, 2.75) is 13.0 Å². The molecule has 0 aliphatic rings. The molecule has 4 aromatic rings. The largest absolute Gasteiger partial charge is 0.504 e. The van der Waals surface area contributed by atoms with Crippen LogP contribution in [0.4, 0.5) is 0 Å². The number of aromatic hydroxyl groups is 2. The van der Waals surface area contributed by atoms with E-state index in [1.807, 2.05) is 54.6 Å². The van der Waals surface area contributed by atoms with Crippen molar-refractivity contribution >= 4 is 5.97 Å². The lowest BCUT2D eigenvalue weighted by Gasteiger charge is -2.18. The summed E-state index contributed by atoms with van der Waals surface area (Å²) in [5.74, 6) is 0.437. The van der Waals surface area contributed by atoms with E-state index in [0.717, 1.165) is 16.7 Å². The molecule has 0 amide bonds. The van der Waals surface area contributed by atoms with Crippen molar-refractivity contribution in [2.24, 2.45) is 0 Å². The molecule has 0 aliphatic carbocycles. The summed E-state index contributed by atoms with van der Waals surface area (Å²) < 4.78 is 21.7. The lowest BCUT2D eigenvalue weighted by Crippen LogP contribution is -2.04. The maximum atomic E-state index is 11.6. The molecule has 0 aromatic heterocycles. The van der Waals surface area contributed by atoms with Gasteiger partial charge in [0, 0.05) is 5.56 Å². The SMILES string of the molecule is COC(=O)Cc1ccc(-c2cc(OC)c(-c3ccc(OCc4ccccc4)c(O)c3)c(O)c2OC)cc1. The highest BCUT2D eigenvalue weighted by Gasteiger charge is 2.22. The zero-order valence-electron chi connectivity index (χ0n) is 20.9. The number of methoxy groups -OCH3 is 3. The van der Waals surface area contributed by atoms with E-state index in [0.29, 0.717) is 34.8 Å². The van der Waals surface area contributed by atoms with Crippen LogP contribution >= 0.6 is 0 Å². The molecule has 7 heteroatoms. The highest BCUT2D eigenvalue weighted by Crippen LogP contribution is 2.50. The van der Waals surface area contributed by atoms with Crippen LogP contribution in [0.15, 0.2) is 78.9 Å². The first-order chi connectivity index (χ1) is 17.9. The normalized spacial score (nSPS) is 10.6. The molecular weight excluding hydrogens is 472 g/mol. The van der Waals surface area contributed by atoms with Crippen LogP contribution in [0.2, 0.25) is 0 Å². The molecule has 0 fully saturated rings. The van der Waals surface area contributed by atoms with E-state index >= 15 is 0 Å². The lowest BCUT2D eigenvalue weighted by molar-refractivity contribution is -0.139. The Morgan fingerprint density at radius 2 is 1.46 bits per heavy atom. The second-order valence-corrected chi connectivity index (χ2v) is 8.29. The summed E-state index contributed by atoms with van der Waals surface area (Å²) in [6.07, 6.45) is 0.163. The highest BCUT2D eigenvalue weighted by atomic mass is 16.5. The first kappa shape index (κ1) is 25.4. The second-order valence-electron chi connectivity index (χ2n) is 8.29. The Morgan fingerprint density at radius 1 is 0.757 bits per heavy atom. The minimum Gasteiger partial charge on any atom is -0.504 e. The van der Waals surface area contributed by atoms with Crippen LogP contribution in [-0.2, 0) is 22.6 Å². The van der Waals surface area contributed by atoms with Crippen LogP contribution in [0, 0.1) is 0 Å². The quantitative estimate of drug-likeness (QED) is 0.283. The molecule has 37 heavy (non-hydrogen) atoms. The Hall–Kier alpha value is -4.65. The predicted octanol–water partition coefficient (Wildman–Crippen LogP) is 5.74. The number of phenols is 2. The van der Waals surface area contributed by atoms with Crippen molar-refractivity contribution < 1.29 is 34.0 Å². The van der Waals surface area contributed by atoms with Gasteiger partial charge in [-0.1, -0.05) is 60.7 Å². The second kappa shape index (κ2) is 11.4. The molecule has 0 aliphatic heterocycles. The molecule has 0 saturated carbocycles. The topological polar surface area (TPSA) is 94.5 Å². The van der Waals surface area contributed by atoms with Gasteiger partial charge in [-0.05, 0) is 40.5 Å². The van der Waals surface area contributed by atoms with Crippen LogP contribution in [0.25, 0.3) is 22.3 Å². The van der Waals surface area contributed by atoms with Crippen LogP contribution in [-0.4, -0.2) is 37.5 Å². The zero-order chi connectivity index (χ0) is 26.4. The Morgan fingerprint density at radius 3 is 2.08 bits per heavy atom. The number of rotatable bonds is 9. The lowest BCUT2D eigenvalue weighted by atomic mass is 9.95. The van der Waals surface area contributed by atoms with E-state index in [-0.39, 0.29) is 29.6 Å². The first-order valence-corrected chi connectivity index (χ1v) is 11.6. The molecule has 7 nitrogen and oxygen atoms in total. The molecule has 190 valence electrons. The summed E-state index contributed by atoms with van der Waals surface area (Å²) in [6, 6.07) is 23.6. The molecule has 0 saturated heterocycles. The van der Waals surface area contributed by atoms with Crippen molar-refractivity contribution in [3.63, 3.8) is 0 Å². The molecule has 0 spiro atoms. The average molecular weight is 501 g/mol. The fourth-order valence-electron chi connectivity index (χ4n) is 4.06. The van der Waals surface area contributed by atoms with Gasteiger partial charge >= 0.3 is 5.97 Å². The molecule has 0 unspecified atom stereocenters. The fraction of sp³-hybridized carbons (Fsp3) is 0.167. The summed E-state index contributed by atoms with van der Waals surface area (Å²) >= 11 is 0. The molecular formula is C30H28O7. The van der Waals surface area contributed by atoms with E-state index in [1.165, 1.54) is 27.4 Å². The minimum atomic E-state index is -0.325. The van der Waals surface area contributed by atoms with Crippen molar-refractivity contribution in [1.29, 1.82) is 0 Å². The maximum Gasteiger partial charge on any atom is 0.309 e. The smallest absolute Gasteiger partial charge is 0.309 e. The fourth-order valence-corrected chi connectivity index (χ4v) is 4.06. The summed E-state index contributed by atoms with van der Waals surface area (Å²) in [6.45, 7) is 0.309. The van der Waals surface area contributed by atoms with Crippen LogP contribution in [0.5, 0.6) is 28.7 Å². The van der Waals surface area contributed by atoms with Gasteiger partial charge < -0.3 is 29.2 Å². The Kier molecular flexibility index (Phi) is 7.83. The highest BCUT2D eigenvalue weighted by molar-refractivity contribution is 5.88. The Bertz CT molecular complexity index is 1380. The number of carbonyl (C=O) groups is 1. The number of hydrogen-bond donors (Lipinski definition) is 2. The number of ether oxygens (including phenoxy) is 4. The minimum absolute atomic E-state index is 0.0703. The zero-order valence-corrected chi connectivity index (χ0v) is 20.9. The summed E-state index contributed by atoms with van der Waals surface area (Å²) in [5.41, 5.74) is 4.04. The molecule has 0 bridgehead atoms. The third kappa shape index (κ3) is 5.62. The molecule has 4 aromatic carbocycles. The van der Waals surface area contributed by atoms with Crippen LogP contribution in [0.3, 0.4) is 0 Å². The van der Waals surface area contributed by atoms with Gasteiger partial charge in [0.1, 0.15) is 12.4 Å². The van der Waals surface area contributed by atoms with Gasteiger partial charge in [0.05, 0.1) is 33.3 Å². The third-order valence-electron chi connectivity index (χ3n) is 5.97.